The summed E-state index contributed by atoms with van der Waals surface area (Å²) in [6.45, 7) is 6.29. The van der Waals surface area contributed by atoms with E-state index in [9.17, 15) is 9.59 Å². The normalized spacial score (nSPS) is 12.2. The molecule has 0 aliphatic carbocycles. The molecule has 5 heteroatoms. The highest BCUT2D eigenvalue weighted by Gasteiger charge is 2.13. The van der Waals surface area contributed by atoms with Crippen molar-refractivity contribution in [2.45, 2.75) is 26.8 Å². The first-order valence-electron chi connectivity index (χ1n) is 7.32. The second-order valence-electron chi connectivity index (χ2n) is 5.48. The predicted molar refractivity (Wildman–Crippen MR) is 87.5 cm³/mol. The van der Waals surface area contributed by atoms with Crippen LogP contribution in [0.2, 0.25) is 0 Å². The highest BCUT2D eigenvalue weighted by molar-refractivity contribution is 5.95. The Balaban J connectivity index is 2.47. The third-order valence-electron chi connectivity index (χ3n) is 2.98. The highest BCUT2D eigenvalue weighted by Crippen LogP contribution is 2.12. The second-order valence-corrected chi connectivity index (χ2v) is 5.48. The van der Waals surface area contributed by atoms with E-state index >= 15 is 0 Å². The van der Waals surface area contributed by atoms with Crippen LogP contribution in [0.4, 0.5) is 0 Å². The zero-order valence-corrected chi connectivity index (χ0v) is 13.6. The van der Waals surface area contributed by atoms with Crippen molar-refractivity contribution in [1.82, 2.24) is 10.6 Å². The molecule has 0 fully saturated rings. The third kappa shape index (κ3) is 6.43. The smallest absolute Gasteiger partial charge is 0.244 e. The molecule has 0 heterocycles. The Labute approximate surface area is 131 Å². The number of ether oxygens (including phenoxy) is 1. The lowest BCUT2D eigenvalue weighted by Gasteiger charge is -2.14. The summed E-state index contributed by atoms with van der Waals surface area (Å²) < 4.78 is 5.07. The molecule has 5 nitrogen and oxygen atoms in total. The van der Waals surface area contributed by atoms with Crippen LogP contribution in [-0.4, -0.2) is 31.5 Å². The van der Waals surface area contributed by atoms with E-state index in [4.69, 9.17) is 4.74 Å². The SMILES string of the molecule is COc1ccc(/C=C/C(=O)NC(C)C(=O)NCC(C)C)cc1. The number of hydrogen-bond acceptors (Lipinski definition) is 3. The minimum absolute atomic E-state index is 0.181. The average molecular weight is 304 g/mol. The van der Waals surface area contributed by atoms with Crippen molar-refractivity contribution in [2.75, 3.05) is 13.7 Å². The number of benzene rings is 1. The van der Waals surface area contributed by atoms with E-state index in [0.29, 0.717) is 12.5 Å². The van der Waals surface area contributed by atoms with Gasteiger partial charge in [0.2, 0.25) is 11.8 Å². The van der Waals surface area contributed by atoms with Crippen LogP contribution in [0.5, 0.6) is 5.75 Å². The maximum Gasteiger partial charge on any atom is 0.244 e. The fourth-order valence-electron chi connectivity index (χ4n) is 1.67. The molecule has 2 N–H and O–H groups in total. The topological polar surface area (TPSA) is 67.4 Å². The van der Waals surface area contributed by atoms with Crippen LogP contribution in [-0.2, 0) is 9.59 Å². The molecular weight excluding hydrogens is 280 g/mol. The molecule has 0 saturated heterocycles. The Morgan fingerprint density at radius 2 is 1.82 bits per heavy atom. The summed E-state index contributed by atoms with van der Waals surface area (Å²) in [7, 11) is 1.60. The number of rotatable bonds is 7. The highest BCUT2D eigenvalue weighted by atomic mass is 16.5. The van der Waals surface area contributed by atoms with Crippen LogP contribution in [0.25, 0.3) is 6.08 Å². The number of hydrogen-bond donors (Lipinski definition) is 2. The molecule has 1 unspecified atom stereocenters. The van der Waals surface area contributed by atoms with Crippen molar-refractivity contribution in [3.63, 3.8) is 0 Å². The van der Waals surface area contributed by atoms with Gasteiger partial charge in [0.1, 0.15) is 11.8 Å². The molecule has 1 rings (SSSR count). The van der Waals surface area contributed by atoms with Crippen molar-refractivity contribution in [3.05, 3.63) is 35.9 Å². The Kier molecular flexibility index (Phi) is 7.16. The van der Waals surface area contributed by atoms with Gasteiger partial charge in [-0.1, -0.05) is 26.0 Å². The first-order chi connectivity index (χ1) is 10.4. The maximum absolute atomic E-state index is 11.8. The first-order valence-corrected chi connectivity index (χ1v) is 7.32. The van der Waals surface area contributed by atoms with Gasteiger partial charge in [-0.2, -0.15) is 0 Å². The summed E-state index contributed by atoms with van der Waals surface area (Å²) in [6.07, 6.45) is 3.10. The quantitative estimate of drug-likeness (QED) is 0.757. The fourth-order valence-corrected chi connectivity index (χ4v) is 1.67. The molecule has 0 aliphatic heterocycles. The molecule has 2 amide bonds. The molecule has 0 bridgehead atoms. The second kappa shape index (κ2) is 8.87. The maximum atomic E-state index is 11.8. The molecule has 0 aliphatic rings. The van der Waals surface area contributed by atoms with Crippen molar-refractivity contribution in [3.8, 4) is 5.75 Å². The van der Waals surface area contributed by atoms with Gasteiger partial charge >= 0.3 is 0 Å². The number of amides is 2. The fraction of sp³-hybridized carbons (Fsp3) is 0.412. The van der Waals surface area contributed by atoms with Crippen molar-refractivity contribution >= 4 is 17.9 Å². The molecule has 1 atom stereocenters. The largest absolute Gasteiger partial charge is 0.497 e. The zero-order valence-electron chi connectivity index (χ0n) is 13.6. The van der Waals surface area contributed by atoms with Crippen LogP contribution in [0, 0.1) is 5.92 Å². The van der Waals surface area contributed by atoms with Gasteiger partial charge in [0.25, 0.3) is 0 Å². The predicted octanol–water partition coefficient (Wildman–Crippen LogP) is 1.99. The lowest BCUT2D eigenvalue weighted by atomic mass is 10.2. The Bertz CT molecular complexity index is 521. The third-order valence-corrected chi connectivity index (χ3v) is 2.98. The van der Waals surface area contributed by atoms with Gasteiger partial charge in [0.15, 0.2) is 0 Å². The molecular formula is C17H24N2O3. The van der Waals surface area contributed by atoms with Gasteiger partial charge in [-0.05, 0) is 36.6 Å². The molecule has 0 spiro atoms. The van der Waals surface area contributed by atoms with E-state index < -0.39 is 6.04 Å². The Morgan fingerprint density at radius 3 is 2.36 bits per heavy atom. The summed E-state index contributed by atoms with van der Waals surface area (Å²) in [5.41, 5.74) is 0.882. The number of carbonyl (C=O) groups is 2. The zero-order chi connectivity index (χ0) is 16.5. The minimum Gasteiger partial charge on any atom is -0.497 e. The molecule has 1 aromatic carbocycles. The van der Waals surface area contributed by atoms with Gasteiger partial charge < -0.3 is 15.4 Å². The van der Waals surface area contributed by atoms with Crippen LogP contribution in [0.1, 0.15) is 26.3 Å². The standard InChI is InChI=1S/C17H24N2O3/c1-12(2)11-18-17(21)13(3)19-16(20)10-7-14-5-8-15(22-4)9-6-14/h5-10,12-13H,11H2,1-4H3,(H,18,21)(H,19,20)/b10-7+. The minimum atomic E-state index is -0.563. The number of nitrogens with one attached hydrogen (secondary N) is 2. The molecule has 1 aromatic rings. The number of carbonyl (C=O) groups excluding carboxylic acids is 2. The molecule has 0 saturated carbocycles. The Morgan fingerprint density at radius 1 is 1.18 bits per heavy atom. The van der Waals surface area contributed by atoms with Crippen LogP contribution in [0.3, 0.4) is 0 Å². The van der Waals surface area contributed by atoms with E-state index in [0.717, 1.165) is 11.3 Å². The van der Waals surface area contributed by atoms with Gasteiger partial charge in [-0.25, -0.2) is 0 Å². The molecule has 120 valence electrons. The van der Waals surface area contributed by atoms with Crippen molar-refractivity contribution in [1.29, 1.82) is 0 Å². The first kappa shape index (κ1) is 17.8. The summed E-state index contributed by atoms with van der Waals surface area (Å²) >= 11 is 0. The van der Waals surface area contributed by atoms with E-state index in [1.807, 2.05) is 38.1 Å². The van der Waals surface area contributed by atoms with Gasteiger partial charge in [-0.15, -0.1) is 0 Å². The summed E-state index contributed by atoms with van der Waals surface area (Å²) in [6, 6.07) is 6.77. The van der Waals surface area contributed by atoms with Gasteiger partial charge in [0.05, 0.1) is 7.11 Å². The van der Waals surface area contributed by atoms with Crippen LogP contribution in [0.15, 0.2) is 30.3 Å². The van der Waals surface area contributed by atoms with E-state index in [2.05, 4.69) is 10.6 Å². The lowest BCUT2D eigenvalue weighted by Crippen LogP contribution is -2.45. The average Bonchev–Trinajstić information content (AvgIpc) is 2.50. The van der Waals surface area contributed by atoms with E-state index in [1.54, 1.807) is 20.1 Å². The van der Waals surface area contributed by atoms with Crippen molar-refractivity contribution < 1.29 is 14.3 Å². The van der Waals surface area contributed by atoms with Crippen LogP contribution < -0.4 is 15.4 Å². The summed E-state index contributed by atoms with van der Waals surface area (Å²) in [5, 5.41) is 5.42. The van der Waals surface area contributed by atoms with Gasteiger partial charge in [0, 0.05) is 12.6 Å². The summed E-state index contributed by atoms with van der Waals surface area (Å²) in [5.74, 6) is 0.654. The van der Waals surface area contributed by atoms with Crippen LogP contribution >= 0.6 is 0 Å². The van der Waals surface area contributed by atoms with E-state index in [1.165, 1.54) is 6.08 Å². The Hall–Kier alpha value is -2.30. The van der Waals surface area contributed by atoms with E-state index in [-0.39, 0.29) is 11.8 Å². The summed E-state index contributed by atoms with van der Waals surface area (Å²) in [4.78, 5) is 23.6. The molecule has 0 radical (unpaired) electrons. The molecule has 0 aromatic heterocycles. The van der Waals surface area contributed by atoms with Gasteiger partial charge in [-0.3, -0.25) is 9.59 Å². The van der Waals surface area contributed by atoms with Crippen molar-refractivity contribution in [2.24, 2.45) is 5.92 Å². The number of methoxy groups -OCH3 is 1. The monoisotopic (exact) mass is 304 g/mol. The lowest BCUT2D eigenvalue weighted by molar-refractivity contribution is -0.126. The molecule has 22 heavy (non-hydrogen) atoms.